The van der Waals surface area contributed by atoms with Crippen LogP contribution in [0.5, 0.6) is 0 Å². The second kappa shape index (κ2) is 5.13. The van der Waals surface area contributed by atoms with Gasteiger partial charge in [0.2, 0.25) is 10.0 Å². The van der Waals surface area contributed by atoms with Crippen molar-refractivity contribution in [1.29, 1.82) is 0 Å². The normalized spacial score (nSPS) is 21.1. The molecular formula is C15H22N2O2S. The molecule has 20 heavy (non-hydrogen) atoms. The lowest BCUT2D eigenvalue weighted by Crippen LogP contribution is -2.34. The molecule has 1 aromatic carbocycles. The van der Waals surface area contributed by atoms with Gasteiger partial charge in [0.25, 0.3) is 0 Å². The van der Waals surface area contributed by atoms with Gasteiger partial charge in [-0.2, -0.15) is 0 Å². The van der Waals surface area contributed by atoms with Crippen molar-refractivity contribution in [3.63, 3.8) is 0 Å². The van der Waals surface area contributed by atoms with E-state index in [4.69, 9.17) is 0 Å². The maximum atomic E-state index is 12.4. The van der Waals surface area contributed by atoms with Gasteiger partial charge in [0.15, 0.2) is 0 Å². The van der Waals surface area contributed by atoms with E-state index in [9.17, 15) is 8.42 Å². The van der Waals surface area contributed by atoms with Crippen LogP contribution in [-0.4, -0.2) is 15.0 Å². The highest BCUT2D eigenvalue weighted by Gasteiger charge is 2.30. The number of hydrogen-bond donors (Lipinski definition) is 2. The van der Waals surface area contributed by atoms with E-state index in [-0.39, 0.29) is 5.41 Å². The third-order valence-corrected chi connectivity index (χ3v) is 6.02. The fourth-order valence-electron chi connectivity index (χ4n) is 3.20. The van der Waals surface area contributed by atoms with E-state index in [1.54, 1.807) is 12.1 Å². The van der Waals surface area contributed by atoms with E-state index < -0.39 is 10.0 Å². The van der Waals surface area contributed by atoms with Crippen molar-refractivity contribution < 1.29 is 8.42 Å². The maximum absolute atomic E-state index is 12.4. The van der Waals surface area contributed by atoms with Gasteiger partial charge in [0.1, 0.15) is 0 Å². The monoisotopic (exact) mass is 294 g/mol. The molecule has 5 heteroatoms. The summed E-state index contributed by atoms with van der Waals surface area (Å²) in [5, 5.41) is 3.23. The molecule has 0 bridgehead atoms. The minimum Gasteiger partial charge on any atom is -0.309 e. The first kappa shape index (κ1) is 14.0. The Kier molecular flexibility index (Phi) is 3.60. The largest absolute Gasteiger partial charge is 0.309 e. The van der Waals surface area contributed by atoms with Crippen LogP contribution >= 0.6 is 0 Å². The molecule has 1 aliphatic carbocycles. The molecule has 0 aromatic heterocycles. The summed E-state index contributed by atoms with van der Waals surface area (Å²) in [4.78, 5) is 0.390. The fraction of sp³-hybridized carbons (Fsp3) is 0.600. The number of benzene rings is 1. The zero-order valence-electron chi connectivity index (χ0n) is 11.9. The van der Waals surface area contributed by atoms with Crippen molar-refractivity contribution in [3.05, 3.63) is 29.3 Å². The Hall–Kier alpha value is -0.910. The summed E-state index contributed by atoms with van der Waals surface area (Å²) in [7, 11) is -3.39. The van der Waals surface area contributed by atoms with Crippen molar-refractivity contribution in [3.8, 4) is 0 Å². The Bertz CT molecular complexity index is 604. The fourth-order valence-corrected chi connectivity index (χ4v) is 4.45. The Balaban J connectivity index is 1.74. The van der Waals surface area contributed by atoms with Gasteiger partial charge < -0.3 is 5.32 Å². The van der Waals surface area contributed by atoms with Gasteiger partial charge in [-0.25, -0.2) is 13.1 Å². The first-order valence-electron chi connectivity index (χ1n) is 7.31. The van der Waals surface area contributed by atoms with Gasteiger partial charge in [0.05, 0.1) is 4.90 Å². The highest BCUT2D eigenvalue weighted by molar-refractivity contribution is 7.89. The van der Waals surface area contributed by atoms with Gasteiger partial charge in [-0.15, -0.1) is 0 Å². The van der Waals surface area contributed by atoms with Crippen molar-refractivity contribution in [2.24, 2.45) is 5.41 Å². The molecule has 0 unspecified atom stereocenters. The molecule has 0 radical (unpaired) electrons. The zero-order valence-corrected chi connectivity index (χ0v) is 12.7. The summed E-state index contributed by atoms with van der Waals surface area (Å²) in [6.07, 6.45) is 4.65. The number of rotatable bonds is 4. The minimum atomic E-state index is -3.39. The van der Waals surface area contributed by atoms with Crippen LogP contribution in [-0.2, 0) is 23.1 Å². The standard InChI is InChI=1S/C15H22N2O2S/c1-15(6-2-3-7-15)11-17-20(18,19)14-5-4-12-9-16-10-13(12)8-14/h4-5,8,16-17H,2-3,6-7,9-11H2,1H3. The predicted octanol–water partition coefficient (Wildman–Crippen LogP) is 2.15. The SMILES string of the molecule is CC1(CNS(=O)(=O)c2ccc3c(c2)CNC3)CCCC1. The molecule has 1 aliphatic heterocycles. The third-order valence-electron chi connectivity index (χ3n) is 4.62. The van der Waals surface area contributed by atoms with Gasteiger partial charge in [-0.05, 0) is 41.5 Å². The first-order chi connectivity index (χ1) is 9.49. The molecule has 110 valence electrons. The average molecular weight is 294 g/mol. The molecule has 0 spiro atoms. The molecule has 1 fully saturated rings. The maximum Gasteiger partial charge on any atom is 0.240 e. The molecule has 4 nitrogen and oxygen atoms in total. The van der Waals surface area contributed by atoms with Gasteiger partial charge in [-0.1, -0.05) is 25.8 Å². The van der Waals surface area contributed by atoms with E-state index in [1.807, 2.05) is 6.07 Å². The van der Waals surface area contributed by atoms with E-state index in [0.717, 1.165) is 31.5 Å². The summed E-state index contributed by atoms with van der Waals surface area (Å²) in [6.45, 7) is 4.32. The van der Waals surface area contributed by atoms with Crippen LogP contribution in [0.15, 0.2) is 23.1 Å². The quantitative estimate of drug-likeness (QED) is 0.894. The second-order valence-corrected chi connectivity index (χ2v) is 8.14. The Morgan fingerprint density at radius 1 is 1.20 bits per heavy atom. The van der Waals surface area contributed by atoms with Crippen LogP contribution < -0.4 is 10.0 Å². The molecule has 0 saturated heterocycles. The Labute approximate surface area is 121 Å². The van der Waals surface area contributed by atoms with E-state index in [1.165, 1.54) is 18.4 Å². The number of sulfonamides is 1. The summed E-state index contributed by atoms with van der Waals surface area (Å²) in [6, 6.07) is 5.43. The summed E-state index contributed by atoms with van der Waals surface area (Å²) < 4.78 is 27.6. The predicted molar refractivity (Wildman–Crippen MR) is 78.7 cm³/mol. The van der Waals surface area contributed by atoms with Crippen LogP contribution in [0.1, 0.15) is 43.7 Å². The molecule has 2 N–H and O–H groups in total. The van der Waals surface area contributed by atoms with Crippen molar-refractivity contribution in [2.75, 3.05) is 6.54 Å². The van der Waals surface area contributed by atoms with Crippen molar-refractivity contribution >= 4 is 10.0 Å². The summed E-state index contributed by atoms with van der Waals surface area (Å²) >= 11 is 0. The molecule has 1 aromatic rings. The van der Waals surface area contributed by atoms with Gasteiger partial charge in [0, 0.05) is 19.6 Å². The van der Waals surface area contributed by atoms with Crippen LogP contribution in [0.3, 0.4) is 0 Å². The minimum absolute atomic E-state index is 0.130. The smallest absolute Gasteiger partial charge is 0.240 e. The molecule has 2 aliphatic rings. The van der Waals surface area contributed by atoms with Crippen molar-refractivity contribution in [1.82, 2.24) is 10.0 Å². The number of fused-ring (bicyclic) bond motifs is 1. The average Bonchev–Trinajstić information content (AvgIpc) is 3.05. The van der Waals surface area contributed by atoms with Crippen LogP contribution in [0.4, 0.5) is 0 Å². The Morgan fingerprint density at radius 2 is 1.90 bits per heavy atom. The van der Waals surface area contributed by atoms with E-state index >= 15 is 0 Å². The second-order valence-electron chi connectivity index (χ2n) is 6.38. The highest BCUT2D eigenvalue weighted by Crippen LogP contribution is 2.37. The van der Waals surface area contributed by atoms with Crippen LogP contribution in [0.2, 0.25) is 0 Å². The van der Waals surface area contributed by atoms with Crippen LogP contribution in [0.25, 0.3) is 0 Å². The lowest BCUT2D eigenvalue weighted by atomic mass is 9.89. The topological polar surface area (TPSA) is 58.2 Å². The zero-order chi connectivity index (χ0) is 14.2. The molecule has 3 rings (SSSR count). The van der Waals surface area contributed by atoms with E-state index in [2.05, 4.69) is 17.0 Å². The van der Waals surface area contributed by atoms with Crippen molar-refractivity contribution in [2.45, 2.75) is 50.6 Å². The number of hydrogen-bond acceptors (Lipinski definition) is 3. The Morgan fingerprint density at radius 3 is 2.65 bits per heavy atom. The first-order valence-corrected chi connectivity index (χ1v) is 8.79. The highest BCUT2D eigenvalue weighted by atomic mass is 32.2. The number of nitrogens with one attached hydrogen (secondary N) is 2. The summed E-state index contributed by atoms with van der Waals surface area (Å²) in [5.41, 5.74) is 2.43. The molecule has 1 heterocycles. The third kappa shape index (κ3) is 2.75. The molecule has 0 atom stereocenters. The molecule has 0 amide bonds. The summed E-state index contributed by atoms with van der Waals surface area (Å²) in [5.74, 6) is 0. The lowest BCUT2D eigenvalue weighted by molar-refractivity contribution is 0.336. The molecule has 1 saturated carbocycles. The van der Waals surface area contributed by atoms with Gasteiger partial charge >= 0.3 is 0 Å². The molecular weight excluding hydrogens is 272 g/mol. The van der Waals surface area contributed by atoms with Crippen LogP contribution in [0, 0.1) is 5.41 Å². The van der Waals surface area contributed by atoms with Gasteiger partial charge in [-0.3, -0.25) is 0 Å². The lowest BCUT2D eigenvalue weighted by Gasteiger charge is -2.23. The van der Waals surface area contributed by atoms with E-state index in [0.29, 0.717) is 11.4 Å².